The molecule has 1 fully saturated rings. The second-order valence-corrected chi connectivity index (χ2v) is 7.54. The van der Waals surface area contributed by atoms with Crippen molar-refractivity contribution in [3.8, 4) is 11.5 Å². The zero-order valence-corrected chi connectivity index (χ0v) is 17.8. The van der Waals surface area contributed by atoms with Crippen LogP contribution in [0.1, 0.15) is 11.6 Å². The predicted octanol–water partition coefficient (Wildman–Crippen LogP) is 0.355. The molecular formula is C21H26N4O6. The highest BCUT2D eigenvalue weighted by Crippen LogP contribution is 2.42. The molecule has 0 bridgehead atoms. The van der Waals surface area contributed by atoms with E-state index < -0.39 is 6.04 Å². The van der Waals surface area contributed by atoms with E-state index in [-0.39, 0.29) is 30.9 Å². The molecule has 0 saturated carbocycles. The number of urea groups is 1. The molecule has 1 atom stereocenters. The molecule has 1 aromatic rings. The molecule has 10 heteroatoms. The van der Waals surface area contributed by atoms with E-state index in [1.807, 2.05) is 0 Å². The number of morpholine rings is 1. The van der Waals surface area contributed by atoms with Gasteiger partial charge in [0.05, 0.1) is 51.3 Å². The van der Waals surface area contributed by atoms with Gasteiger partial charge in [0, 0.05) is 25.7 Å². The summed E-state index contributed by atoms with van der Waals surface area (Å²) in [5, 5.41) is 2.88. The SMILES string of the molecule is COc1cccc(C2NC(=O)N(C)C3=C2C(=O)N(CC(=O)N2CCOCC2)C3)c1OC. The number of rotatable bonds is 5. The first-order chi connectivity index (χ1) is 15.0. The number of hydrogen-bond donors (Lipinski definition) is 1. The summed E-state index contributed by atoms with van der Waals surface area (Å²) in [4.78, 5) is 43.3. The monoisotopic (exact) mass is 430 g/mol. The van der Waals surface area contributed by atoms with Gasteiger partial charge in [0.2, 0.25) is 5.91 Å². The third-order valence-electron chi connectivity index (χ3n) is 5.87. The van der Waals surface area contributed by atoms with E-state index >= 15 is 0 Å². The minimum Gasteiger partial charge on any atom is -0.493 e. The largest absolute Gasteiger partial charge is 0.493 e. The van der Waals surface area contributed by atoms with Crippen molar-refractivity contribution in [3.63, 3.8) is 0 Å². The van der Waals surface area contributed by atoms with Crippen LogP contribution in [0.4, 0.5) is 4.79 Å². The Kier molecular flexibility index (Phi) is 5.73. The second-order valence-electron chi connectivity index (χ2n) is 7.54. The maximum atomic E-state index is 13.4. The maximum Gasteiger partial charge on any atom is 0.322 e. The Morgan fingerprint density at radius 3 is 2.61 bits per heavy atom. The van der Waals surface area contributed by atoms with Gasteiger partial charge in [-0.3, -0.25) is 14.5 Å². The summed E-state index contributed by atoms with van der Waals surface area (Å²) < 4.78 is 16.2. The van der Waals surface area contributed by atoms with E-state index in [0.29, 0.717) is 54.6 Å². The van der Waals surface area contributed by atoms with E-state index in [0.717, 1.165) is 0 Å². The van der Waals surface area contributed by atoms with Crippen molar-refractivity contribution in [3.05, 3.63) is 35.0 Å². The first-order valence-electron chi connectivity index (χ1n) is 10.1. The Hall–Kier alpha value is -3.27. The first kappa shape index (κ1) is 21.0. The molecule has 0 aromatic heterocycles. The lowest BCUT2D eigenvalue weighted by molar-refractivity contribution is -0.140. The zero-order chi connectivity index (χ0) is 22.1. The molecule has 1 aromatic carbocycles. The van der Waals surface area contributed by atoms with Crippen LogP contribution in [0.3, 0.4) is 0 Å². The van der Waals surface area contributed by atoms with Crippen molar-refractivity contribution >= 4 is 17.8 Å². The van der Waals surface area contributed by atoms with Crippen molar-refractivity contribution in [2.75, 3.05) is 60.7 Å². The van der Waals surface area contributed by atoms with Crippen LogP contribution in [0.2, 0.25) is 0 Å². The molecule has 1 unspecified atom stereocenters. The summed E-state index contributed by atoms with van der Waals surface area (Å²) in [6.45, 7) is 2.16. The highest BCUT2D eigenvalue weighted by molar-refractivity contribution is 6.03. The minimum absolute atomic E-state index is 0.0458. The van der Waals surface area contributed by atoms with E-state index in [1.165, 1.54) is 24.0 Å². The summed E-state index contributed by atoms with van der Waals surface area (Å²) in [7, 11) is 4.65. The number of nitrogens with zero attached hydrogens (tertiary/aromatic N) is 3. The van der Waals surface area contributed by atoms with Crippen molar-refractivity contribution < 1.29 is 28.6 Å². The molecule has 4 amide bonds. The summed E-state index contributed by atoms with van der Waals surface area (Å²) in [5.74, 6) is 0.537. The molecule has 31 heavy (non-hydrogen) atoms. The fraction of sp³-hybridized carbons (Fsp3) is 0.476. The lowest BCUT2D eigenvalue weighted by Crippen LogP contribution is -2.46. The number of methoxy groups -OCH3 is 2. The average molecular weight is 430 g/mol. The summed E-state index contributed by atoms with van der Waals surface area (Å²) in [5.41, 5.74) is 1.63. The fourth-order valence-electron chi connectivity index (χ4n) is 4.20. The van der Waals surface area contributed by atoms with Crippen LogP contribution in [0, 0.1) is 0 Å². The van der Waals surface area contributed by atoms with Crippen LogP contribution in [-0.2, 0) is 14.3 Å². The fourth-order valence-corrected chi connectivity index (χ4v) is 4.20. The molecule has 1 saturated heterocycles. The molecule has 166 valence electrons. The van der Waals surface area contributed by atoms with Crippen molar-refractivity contribution in [1.82, 2.24) is 20.0 Å². The number of para-hydroxylation sites is 1. The lowest BCUT2D eigenvalue weighted by Gasteiger charge is -2.31. The molecule has 3 aliphatic heterocycles. The van der Waals surface area contributed by atoms with E-state index in [2.05, 4.69) is 5.32 Å². The maximum absolute atomic E-state index is 13.4. The molecule has 0 aliphatic carbocycles. The lowest BCUT2D eigenvalue weighted by atomic mass is 9.94. The smallest absolute Gasteiger partial charge is 0.322 e. The van der Waals surface area contributed by atoms with Gasteiger partial charge in [-0.15, -0.1) is 0 Å². The van der Waals surface area contributed by atoms with E-state index in [4.69, 9.17) is 14.2 Å². The highest BCUT2D eigenvalue weighted by atomic mass is 16.5. The van der Waals surface area contributed by atoms with Gasteiger partial charge in [0.15, 0.2) is 11.5 Å². The normalized spacial score (nSPS) is 21.3. The third kappa shape index (κ3) is 3.67. The summed E-state index contributed by atoms with van der Waals surface area (Å²) >= 11 is 0. The molecule has 10 nitrogen and oxygen atoms in total. The van der Waals surface area contributed by atoms with Gasteiger partial charge in [0.25, 0.3) is 5.91 Å². The highest BCUT2D eigenvalue weighted by Gasteiger charge is 2.44. The number of benzene rings is 1. The molecule has 3 aliphatic rings. The third-order valence-corrected chi connectivity index (χ3v) is 5.87. The Morgan fingerprint density at radius 1 is 1.19 bits per heavy atom. The Morgan fingerprint density at radius 2 is 1.94 bits per heavy atom. The molecule has 3 heterocycles. The number of ether oxygens (including phenoxy) is 3. The number of likely N-dealkylation sites (N-methyl/N-ethyl adjacent to an activating group) is 1. The number of carbonyl (C=O) groups is 3. The zero-order valence-electron chi connectivity index (χ0n) is 17.8. The van der Waals surface area contributed by atoms with E-state index in [9.17, 15) is 14.4 Å². The van der Waals surface area contributed by atoms with Crippen LogP contribution in [-0.4, -0.2) is 93.2 Å². The predicted molar refractivity (Wildman–Crippen MR) is 110 cm³/mol. The molecule has 4 rings (SSSR count). The van der Waals surface area contributed by atoms with Crippen LogP contribution in [0.15, 0.2) is 29.5 Å². The average Bonchev–Trinajstić information content (AvgIpc) is 3.12. The van der Waals surface area contributed by atoms with Crippen molar-refractivity contribution in [1.29, 1.82) is 0 Å². The van der Waals surface area contributed by atoms with Crippen LogP contribution in [0.25, 0.3) is 0 Å². The topological polar surface area (TPSA) is 101 Å². The Balaban J connectivity index is 1.64. The number of nitrogens with one attached hydrogen (secondary N) is 1. The van der Waals surface area contributed by atoms with Crippen molar-refractivity contribution in [2.45, 2.75) is 6.04 Å². The quantitative estimate of drug-likeness (QED) is 0.724. The van der Waals surface area contributed by atoms with Crippen LogP contribution >= 0.6 is 0 Å². The van der Waals surface area contributed by atoms with Crippen LogP contribution in [0.5, 0.6) is 11.5 Å². The van der Waals surface area contributed by atoms with Gasteiger partial charge >= 0.3 is 6.03 Å². The van der Waals surface area contributed by atoms with Gasteiger partial charge in [-0.05, 0) is 6.07 Å². The first-order valence-corrected chi connectivity index (χ1v) is 10.1. The minimum atomic E-state index is -0.709. The summed E-state index contributed by atoms with van der Waals surface area (Å²) in [6, 6.07) is 4.28. The summed E-state index contributed by atoms with van der Waals surface area (Å²) in [6.07, 6.45) is 0. The Labute approximate surface area is 180 Å². The Bertz CT molecular complexity index is 940. The molecule has 0 spiro atoms. The molecule has 0 radical (unpaired) electrons. The molecule has 1 N–H and O–H groups in total. The second kappa shape index (κ2) is 8.46. The number of amides is 4. The number of carbonyl (C=O) groups excluding carboxylic acids is 3. The van der Waals surface area contributed by atoms with Gasteiger partial charge in [0.1, 0.15) is 6.54 Å². The molecular weight excluding hydrogens is 404 g/mol. The van der Waals surface area contributed by atoms with Crippen molar-refractivity contribution in [2.24, 2.45) is 0 Å². The van der Waals surface area contributed by atoms with Crippen LogP contribution < -0.4 is 14.8 Å². The van der Waals surface area contributed by atoms with Gasteiger partial charge in [-0.25, -0.2) is 4.79 Å². The van der Waals surface area contributed by atoms with E-state index in [1.54, 1.807) is 30.1 Å². The van der Waals surface area contributed by atoms with Gasteiger partial charge < -0.3 is 29.3 Å². The number of hydrogen-bond acceptors (Lipinski definition) is 6. The standard InChI is InChI=1S/C21H26N4O6/c1-23-14-11-25(12-16(26)24-7-9-31-10-8-24)20(27)17(14)18(22-21(23)28)13-5-4-6-15(29-2)19(13)30-3/h4-6,18H,7-12H2,1-3H3,(H,22,28). The van der Waals surface area contributed by atoms with Gasteiger partial charge in [-0.1, -0.05) is 12.1 Å². The van der Waals surface area contributed by atoms with Gasteiger partial charge in [-0.2, -0.15) is 0 Å².